The Morgan fingerprint density at radius 1 is 1.40 bits per heavy atom. The van der Waals surface area contributed by atoms with Crippen LogP contribution in [0.1, 0.15) is 18.4 Å². The van der Waals surface area contributed by atoms with Gasteiger partial charge in [-0.25, -0.2) is 0 Å². The molecule has 1 fully saturated rings. The second kappa shape index (κ2) is 9.88. The van der Waals surface area contributed by atoms with Crippen LogP contribution >= 0.6 is 0 Å². The van der Waals surface area contributed by atoms with E-state index in [9.17, 15) is 4.79 Å². The first-order valence-corrected chi connectivity index (χ1v) is 8.56. The highest BCUT2D eigenvalue weighted by molar-refractivity contribution is 5.79. The van der Waals surface area contributed by atoms with Crippen LogP contribution in [-0.4, -0.2) is 63.8 Å². The first kappa shape index (κ1) is 19.1. The summed E-state index contributed by atoms with van der Waals surface area (Å²) in [5.74, 6) is 1.35. The molecular weight excluding hydrogens is 320 g/mol. The van der Waals surface area contributed by atoms with Crippen LogP contribution in [-0.2, 0) is 16.1 Å². The summed E-state index contributed by atoms with van der Waals surface area (Å²) in [6.45, 7) is 2.26. The van der Waals surface area contributed by atoms with Crippen LogP contribution in [0.4, 0.5) is 0 Å². The van der Waals surface area contributed by atoms with Crippen molar-refractivity contribution < 1.29 is 14.3 Å². The molecular formula is C18H28N4O3. The zero-order valence-corrected chi connectivity index (χ0v) is 15.2. The Morgan fingerprint density at radius 2 is 2.24 bits per heavy atom. The zero-order chi connectivity index (χ0) is 18.1. The van der Waals surface area contributed by atoms with Crippen molar-refractivity contribution in [2.24, 2.45) is 4.99 Å². The van der Waals surface area contributed by atoms with E-state index in [-0.39, 0.29) is 18.6 Å². The van der Waals surface area contributed by atoms with E-state index in [0.717, 1.165) is 37.5 Å². The molecule has 7 nitrogen and oxygen atoms in total. The summed E-state index contributed by atoms with van der Waals surface area (Å²) in [7, 11) is 5.17. The quantitative estimate of drug-likeness (QED) is 0.568. The lowest BCUT2D eigenvalue weighted by Gasteiger charge is -2.15. The van der Waals surface area contributed by atoms with Gasteiger partial charge in [0.05, 0.1) is 6.10 Å². The van der Waals surface area contributed by atoms with Gasteiger partial charge in [-0.3, -0.25) is 9.79 Å². The normalized spacial score (nSPS) is 17.2. The number of amides is 1. The van der Waals surface area contributed by atoms with Crippen molar-refractivity contribution in [3.8, 4) is 5.75 Å². The van der Waals surface area contributed by atoms with E-state index in [1.807, 2.05) is 24.3 Å². The van der Waals surface area contributed by atoms with Crippen molar-refractivity contribution in [3.63, 3.8) is 0 Å². The minimum absolute atomic E-state index is 0.0362. The van der Waals surface area contributed by atoms with Crippen LogP contribution < -0.4 is 15.4 Å². The van der Waals surface area contributed by atoms with Crippen molar-refractivity contribution in [1.29, 1.82) is 0 Å². The SMILES string of the molecule is CN=C(NCc1cccc(OCC(=O)N(C)C)c1)NCC1CCCO1. The van der Waals surface area contributed by atoms with E-state index in [4.69, 9.17) is 9.47 Å². The molecule has 0 aromatic heterocycles. The third-order valence-corrected chi connectivity index (χ3v) is 3.96. The lowest BCUT2D eigenvalue weighted by Crippen LogP contribution is -2.40. The predicted octanol–water partition coefficient (Wildman–Crippen LogP) is 0.998. The van der Waals surface area contributed by atoms with Crippen LogP contribution in [0.15, 0.2) is 29.3 Å². The standard InChI is InChI=1S/C18H28N4O3/c1-19-18(21-12-16-8-5-9-24-16)20-11-14-6-4-7-15(10-14)25-13-17(23)22(2)3/h4,6-7,10,16H,5,8-9,11-13H2,1-3H3,(H2,19,20,21). The van der Waals surface area contributed by atoms with Crippen molar-refractivity contribution >= 4 is 11.9 Å². The maximum Gasteiger partial charge on any atom is 0.259 e. The average Bonchev–Trinajstić information content (AvgIpc) is 3.13. The molecule has 138 valence electrons. The topological polar surface area (TPSA) is 75.2 Å². The predicted molar refractivity (Wildman–Crippen MR) is 97.8 cm³/mol. The molecule has 2 N–H and O–H groups in total. The number of guanidine groups is 1. The molecule has 25 heavy (non-hydrogen) atoms. The van der Waals surface area contributed by atoms with Crippen molar-refractivity contribution in [1.82, 2.24) is 15.5 Å². The second-order valence-electron chi connectivity index (χ2n) is 6.17. The molecule has 1 aliphatic heterocycles. The van der Waals surface area contributed by atoms with Crippen LogP contribution in [0.3, 0.4) is 0 Å². The minimum Gasteiger partial charge on any atom is -0.484 e. The summed E-state index contributed by atoms with van der Waals surface area (Å²) in [4.78, 5) is 17.3. The van der Waals surface area contributed by atoms with Crippen LogP contribution in [0.2, 0.25) is 0 Å². The third-order valence-electron chi connectivity index (χ3n) is 3.96. The van der Waals surface area contributed by atoms with Gasteiger partial charge in [0.2, 0.25) is 0 Å². The van der Waals surface area contributed by atoms with E-state index in [1.165, 1.54) is 4.90 Å². The average molecular weight is 348 g/mol. The van der Waals surface area contributed by atoms with Crippen LogP contribution in [0, 0.1) is 0 Å². The molecule has 0 spiro atoms. The maximum atomic E-state index is 11.6. The van der Waals surface area contributed by atoms with E-state index in [0.29, 0.717) is 12.3 Å². The smallest absolute Gasteiger partial charge is 0.259 e. The fraction of sp³-hybridized carbons (Fsp3) is 0.556. The van der Waals surface area contributed by atoms with Gasteiger partial charge in [-0.05, 0) is 30.5 Å². The monoisotopic (exact) mass is 348 g/mol. The molecule has 1 unspecified atom stereocenters. The Morgan fingerprint density at radius 3 is 2.92 bits per heavy atom. The highest BCUT2D eigenvalue weighted by Crippen LogP contribution is 2.13. The first-order chi connectivity index (χ1) is 12.1. The Kier molecular flexibility index (Phi) is 7.53. The number of hydrogen-bond acceptors (Lipinski definition) is 4. The largest absolute Gasteiger partial charge is 0.484 e. The number of hydrogen-bond donors (Lipinski definition) is 2. The number of aliphatic imine (C=N–C) groups is 1. The lowest BCUT2D eigenvalue weighted by molar-refractivity contribution is -0.130. The summed E-state index contributed by atoms with van der Waals surface area (Å²) in [5.41, 5.74) is 1.05. The molecule has 1 aliphatic rings. The molecule has 1 aromatic rings. The molecule has 0 aliphatic carbocycles. The third kappa shape index (κ3) is 6.62. The van der Waals surface area contributed by atoms with Gasteiger partial charge in [-0.2, -0.15) is 0 Å². The van der Waals surface area contributed by atoms with Gasteiger partial charge in [0.1, 0.15) is 5.75 Å². The summed E-state index contributed by atoms with van der Waals surface area (Å²) in [6.07, 6.45) is 2.49. The Bertz CT molecular complexity index is 583. The van der Waals surface area contributed by atoms with Crippen LogP contribution in [0.5, 0.6) is 5.75 Å². The minimum atomic E-state index is -0.0673. The van der Waals surface area contributed by atoms with Gasteiger partial charge in [0, 0.05) is 40.8 Å². The van der Waals surface area contributed by atoms with Gasteiger partial charge in [0.15, 0.2) is 12.6 Å². The number of nitrogens with zero attached hydrogens (tertiary/aromatic N) is 2. The molecule has 7 heteroatoms. The Hall–Kier alpha value is -2.28. The number of nitrogens with one attached hydrogen (secondary N) is 2. The molecule has 1 aromatic carbocycles. The number of carbonyl (C=O) groups excluding carboxylic acids is 1. The van der Waals surface area contributed by atoms with E-state index in [2.05, 4.69) is 15.6 Å². The molecule has 1 heterocycles. The summed E-state index contributed by atoms with van der Waals surface area (Å²) < 4.78 is 11.1. The number of carbonyl (C=O) groups is 1. The fourth-order valence-electron chi connectivity index (χ4n) is 2.44. The number of likely N-dealkylation sites (N-methyl/N-ethyl adjacent to an activating group) is 1. The summed E-state index contributed by atoms with van der Waals surface area (Å²) in [5, 5.41) is 6.55. The molecule has 0 radical (unpaired) electrons. The molecule has 0 bridgehead atoms. The van der Waals surface area contributed by atoms with Crippen molar-refractivity contribution in [3.05, 3.63) is 29.8 Å². The number of rotatable bonds is 7. The van der Waals surface area contributed by atoms with E-state index in [1.54, 1.807) is 21.1 Å². The summed E-state index contributed by atoms with van der Waals surface area (Å²) >= 11 is 0. The molecule has 0 saturated carbocycles. The molecule has 1 saturated heterocycles. The number of benzene rings is 1. The molecule has 1 atom stereocenters. The lowest BCUT2D eigenvalue weighted by atomic mass is 10.2. The zero-order valence-electron chi connectivity index (χ0n) is 15.2. The van der Waals surface area contributed by atoms with Gasteiger partial charge < -0.3 is 25.0 Å². The van der Waals surface area contributed by atoms with Gasteiger partial charge in [-0.1, -0.05) is 12.1 Å². The van der Waals surface area contributed by atoms with Gasteiger partial charge >= 0.3 is 0 Å². The molecule has 2 rings (SSSR count). The maximum absolute atomic E-state index is 11.6. The van der Waals surface area contributed by atoms with Gasteiger partial charge in [-0.15, -0.1) is 0 Å². The molecule has 1 amide bonds. The highest BCUT2D eigenvalue weighted by Gasteiger charge is 2.15. The second-order valence-corrected chi connectivity index (χ2v) is 6.17. The Balaban J connectivity index is 1.78. The van der Waals surface area contributed by atoms with Crippen LogP contribution in [0.25, 0.3) is 0 Å². The van der Waals surface area contributed by atoms with Crippen molar-refractivity contribution in [2.75, 3.05) is 40.9 Å². The highest BCUT2D eigenvalue weighted by atomic mass is 16.5. The Labute approximate surface area is 149 Å². The number of ether oxygens (including phenoxy) is 2. The van der Waals surface area contributed by atoms with Gasteiger partial charge in [0.25, 0.3) is 5.91 Å². The fourth-order valence-corrected chi connectivity index (χ4v) is 2.44. The van der Waals surface area contributed by atoms with E-state index < -0.39 is 0 Å². The first-order valence-electron chi connectivity index (χ1n) is 8.56. The van der Waals surface area contributed by atoms with E-state index >= 15 is 0 Å². The summed E-state index contributed by atoms with van der Waals surface area (Å²) in [6, 6.07) is 7.68. The van der Waals surface area contributed by atoms with Crippen molar-refractivity contribution in [2.45, 2.75) is 25.5 Å².